The van der Waals surface area contributed by atoms with Crippen molar-refractivity contribution in [1.82, 2.24) is 10.0 Å². The number of nitrogens with one attached hydrogen (secondary N) is 2. The van der Waals surface area contributed by atoms with Crippen molar-refractivity contribution in [3.8, 4) is 11.5 Å². The second-order valence-electron chi connectivity index (χ2n) is 5.71. The number of nitro benzene ring substituents is 1. The maximum Gasteiger partial charge on any atom is 0.270 e. The van der Waals surface area contributed by atoms with Crippen molar-refractivity contribution in [2.24, 2.45) is 0 Å². The number of sulfonamides is 1. The molecule has 0 aliphatic rings. The highest BCUT2D eigenvalue weighted by Gasteiger charge is 2.17. The maximum atomic E-state index is 12.3. The van der Waals surface area contributed by atoms with E-state index in [1.165, 1.54) is 31.4 Å². The van der Waals surface area contributed by atoms with Gasteiger partial charge in [-0.3, -0.25) is 14.9 Å². The van der Waals surface area contributed by atoms with E-state index in [4.69, 9.17) is 9.47 Å². The summed E-state index contributed by atoms with van der Waals surface area (Å²) in [5.41, 5.74) is 0.00146. The molecule has 0 bridgehead atoms. The fraction of sp³-hybridized carbons (Fsp3) is 0.278. The standard InChI is InChI=1S/C18H21N3O7S/c1-3-28-17-11-13(7-8-16(17)27-2)18(22)19-9-10-20-29(25,26)15-6-4-5-14(12-15)21(23)24/h4-8,11-12,20H,3,9-10H2,1-2H3,(H,19,22). The number of hydrogen-bond acceptors (Lipinski definition) is 7. The Balaban J connectivity index is 1.94. The van der Waals surface area contributed by atoms with E-state index >= 15 is 0 Å². The first-order chi connectivity index (χ1) is 13.8. The van der Waals surface area contributed by atoms with E-state index in [2.05, 4.69) is 10.0 Å². The van der Waals surface area contributed by atoms with Crippen molar-refractivity contribution in [1.29, 1.82) is 0 Å². The van der Waals surface area contributed by atoms with E-state index in [0.29, 0.717) is 23.7 Å². The van der Waals surface area contributed by atoms with Crippen LogP contribution in [0.15, 0.2) is 47.4 Å². The Kier molecular flexibility index (Phi) is 7.51. The minimum atomic E-state index is -3.94. The summed E-state index contributed by atoms with van der Waals surface area (Å²) < 4.78 is 37.3. The lowest BCUT2D eigenvalue weighted by molar-refractivity contribution is -0.385. The molecule has 0 aromatic heterocycles. The lowest BCUT2D eigenvalue weighted by Gasteiger charge is -2.11. The third kappa shape index (κ3) is 5.90. The second-order valence-corrected chi connectivity index (χ2v) is 7.47. The Morgan fingerprint density at radius 1 is 1.14 bits per heavy atom. The van der Waals surface area contributed by atoms with Crippen LogP contribution in [-0.2, 0) is 10.0 Å². The van der Waals surface area contributed by atoms with Gasteiger partial charge in [-0.2, -0.15) is 0 Å². The molecule has 1 amide bonds. The zero-order chi connectivity index (χ0) is 21.4. The minimum absolute atomic E-state index is 0.0169. The number of nitrogens with zero attached hydrogens (tertiary/aromatic N) is 1. The molecule has 0 saturated heterocycles. The SMILES string of the molecule is CCOc1cc(C(=O)NCCNS(=O)(=O)c2cccc([N+](=O)[O-])c2)ccc1OC. The molecule has 156 valence electrons. The fourth-order valence-corrected chi connectivity index (χ4v) is 3.47. The van der Waals surface area contributed by atoms with Gasteiger partial charge in [0.1, 0.15) is 0 Å². The molecule has 0 unspecified atom stereocenters. The molecule has 2 aromatic rings. The smallest absolute Gasteiger partial charge is 0.270 e. The van der Waals surface area contributed by atoms with Gasteiger partial charge < -0.3 is 14.8 Å². The Hall–Kier alpha value is -3.18. The number of hydrogen-bond donors (Lipinski definition) is 2. The summed E-state index contributed by atoms with van der Waals surface area (Å²) in [5, 5.41) is 13.4. The molecule has 11 heteroatoms. The molecule has 2 N–H and O–H groups in total. The number of ether oxygens (including phenoxy) is 2. The topological polar surface area (TPSA) is 137 Å². The number of carbonyl (C=O) groups excluding carboxylic acids is 1. The van der Waals surface area contributed by atoms with Crippen LogP contribution in [0.3, 0.4) is 0 Å². The van der Waals surface area contributed by atoms with Gasteiger partial charge in [0.2, 0.25) is 10.0 Å². The molecule has 0 spiro atoms. The zero-order valence-corrected chi connectivity index (χ0v) is 16.7. The van der Waals surface area contributed by atoms with Gasteiger partial charge in [0.15, 0.2) is 11.5 Å². The molecule has 0 aliphatic heterocycles. The highest BCUT2D eigenvalue weighted by atomic mass is 32.2. The van der Waals surface area contributed by atoms with Gasteiger partial charge in [-0.15, -0.1) is 0 Å². The summed E-state index contributed by atoms with van der Waals surface area (Å²) in [7, 11) is -2.45. The third-order valence-corrected chi connectivity index (χ3v) is 5.23. The number of methoxy groups -OCH3 is 1. The predicted molar refractivity (Wildman–Crippen MR) is 105 cm³/mol. The van der Waals surface area contributed by atoms with E-state index in [1.54, 1.807) is 19.1 Å². The molecule has 2 aromatic carbocycles. The van der Waals surface area contributed by atoms with E-state index in [-0.39, 0.29) is 23.7 Å². The van der Waals surface area contributed by atoms with Crippen molar-refractivity contribution >= 4 is 21.6 Å². The van der Waals surface area contributed by atoms with Gasteiger partial charge in [0.25, 0.3) is 11.6 Å². The number of carbonyl (C=O) groups is 1. The van der Waals surface area contributed by atoms with Gasteiger partial charge in [-0.05, 0) is 31.2 Å². The van der Waals surface area contributed by atoms with Crippen LogP contribution in [0.25, 0.3) is 0 Å². The summed E-state index contributed by atoms with van der Waals surface area (Å²) in [6, 6.07) is 9.40. The lowest BCUT2D eigenvalue weighted by Crippen LogP contribution is -2.34. The van der Waals surface area contributed by atoms with Crippen LogP contribution in [0, 0.1) is 10.1 Å². The van der Waals surface area contributed by atoms with Gasteiger partial charge in [-0.1, -0.05) is 6.07 Å². The monoisotopic (exact) mass is 423 g/mol. The van der Waals surface area contributed by atoms with Crippen molar-refractivity contribution in [2.75, 3.05) is 26.8 Å². The minimum Gasteiger partial charge on any atom is -0.493 e. The van der Waals surface area contributed by atoms with Crippen LogP contribution >= 0.6 is 0 Å². The summed E-state index contributed by atoms with van der Waals surface area (Å²) in [6.07, 6.45) is 0. The molecule has 2 rings (SSSR count). The average molecular weight is 423 g/mol. The predicted octanol–water partition coefficient (Wildman–Crippen LogP) is 1.71. The van der Waals surface area contributed by atoms with Gasteiger partial charge in [0.05, 0.1) is 23.5 Å². The molecule has 0 atom stereocenters. The Morgan fingerprint density at radius 2 is 1.90 bits per heavy atom. The van der Waals surface area contributed by atoms with Crippen LogP contribution in [-0.4, -0.2) is 46.1 Å². The highest BCUT2D eigenvalue weighted by molar-refractivity contribution is 7.89. The van der Waals surface area contributed by atoms with E-state index in [0.717, 1.165) is 6.07 Å². The first-order valence-corrected chi connectivity index (χ1v) is 10.1. The molecule has 10 nitrogen and oxygen atoms in total. The normalized spacial score (nSPS) is 11.0. The zero-order valence-electron chi connectivity index (χ0n) is 15.9. The van der Waals surface area contributed by atoms with Crippen molar-refractivity contribution in [2.45, 2.75) is 11.8 Å². The van der Waals surface area contributed by atoms with Crippen LogP contribution in [0.1, 0.15) is 17.3 Å². The summed E-state index contributed by atoms with van der Waals surface area (Å²) >= 11 is 0. The highest BCUT2D eigenvalue weighted by Crippen LogP contribution is 2.28. The number of rotatable bonds is 10. The second kappa shape index (κ2) is 9.85. The first kappa shape index (κ1) is 22.1. The molecule has 0 fully saturated rings. The van der Waals surface area contributed by atoms with E-state index in [1.807, 2.05) is 0 Å². The van der Waals surface area contributed by atoms with Crippen LogP contribution in [0.4, 0.5) is 5.69 Å². The van der Waals surface area contributed by atoms with Crippen molar-refractivity contribution in [3.05, 3.63) is 58.1 Å². The lowest BCUT2D eigenvalue weighted by atomic mass is 10.2. The number of non-ortho nitro benzene ring substituents is 1. The first-order valence-electron chi connectivity index (χ1n) is 8.61. The van der Waals surface area contributed by atoms with E-state index < -0.39 is 20.9 Å². The average Bonchev–Trinajstić information content (AvgIpc) is 2.71. The summed E-state index contributed by atoms with van der Waals surface area (Å²) in [5.74, 6) is 0.505. The third-order valence-electron chi connectivity index (χ3n) is 3.77. The fourth-order valence-electron chi connectivity index (χ4n) is 2.40. The molecular weight excluding hydrogens is 402 g/mol. The molecule has 29 heavy (non-hydrogen) atoms. The molecule has 0 radical (unpaired) electrons. The van der Waals surface area contributed by atoms with Crippen molar-refractivity contribution in [3.63, 3.8) is 0 Å². The molecular formula is C18H21N3O7S. The molecule has 0 aliphatic carbocycles. The van der Waals surface area contributed by atoms with Gasteiger partial charge >= 0.3 is 0 Å². The summed E-state index contributed by atoms with van der Waals surface area (Å²) in [4.78, 5) is 22.1. The van der Waals surface area contributed by atoms with Gasteiger partial charge in [0, 0.05) is 30.8 Å². The quantitative estimate of drug-likeness (QED) is 0.337. The van der Waals surface area contributed by atoms with E-state index in [9.17, 15) is 23.3 Å². The number of nitro groups is 1. The molecule has 0 saturated carbocycles. The maximum absolute atomic E-state index is 12.3. The van der Waals surface area contributed by atoms with Crippen molar-refractivity contribution < 1.29 is 27.6 Å². The van der Waals surface area contributed by atoms with Crippen LogP contribution in [0.2, 0.25) is 0 Å². The van der Waals surface area contributed by atoms with Crippen LogP contribution in [0.5, 0.6) is 11.5 Å². The number of amides is 1. The Bertz CT molecular complexity index is 993. The Labute approximate surface area is 168 Å². The molecule has 0 heterocycles. The largest absolute Gasteiger partial charge is 0.493 e. The Morgan fingerprint density at radius 3 is 2.55 bits per heavy atom. The van der Waals surface area contributed by atoms with Gasteiger partial charge in [-0.25, -0.2) is 13.1 Å². The van der Waals surface area contributed by atoms with Crippen LogP contribution < -0.4 is 19.5 Å². The summed E-state index contributed by atoms with van der Waals surface area (Å²) in [6.45, 7) is 2.13. The number of benzene rings is 2.